The molecule has 1 atom stereocenters. The van der Waals surface area contributed by atoms with Crippen LogP contribution in [0, 0.1) is 5.82 Å². The van der Waals surface area contributed by atoms with E-state index >= 15 is 0 Å². The van der Waals surface area contributed by atoms with Crippen molar-refractivity contribution in [2.45, 2.75) is 37.2 Å². The topological polar surface area (TPSA) is 55.3 Å². The van der Waals surface area contributed by atoms with Crippen LogP contribution in [0.15, 0.2) is 42.7 Å². The molecule has 1 saturated carbocycles. The summed E-state index contributed by atoms with van der Waals surface area (Å²) in [6.07, 6.45) is 6.60. The summed E-state index contributed by atoms with van der Waals surface area (Å²) < 4.78 is 19.0. The van der Waals surface area contributed by atoms with Gasteiger partial charge in [-0.15, -0.1) is 0 Å². The van der Waals surface area contributed by atoms with Gasteiger partial charge in [-0.2, -0.15) is 0 Å². The van der Waals surface area contributed by atoms with E-state index < -0.39 is 5.41 Å². The molecular formula is C19H20FN3O2. The number of rotatable bonds is 4. The molecule has 1 unspecified atom stereocenters. The zero-order valence-electron chi connectivity index (χ0n) is 13.9. The molecule has 25 heavy (non-hydrogen) atoms. The minimum Gasteiger partial charge on any atom is -0.458 e. The van der Waals surface area contributed by atoms with Crippen LogP contribution in [0.25, 0.3) is 0 Å². The first-order chi connectivity index (χ1) is 12.2. The molecule has 4 rings (SSSR count). The quantitative estimate of drug-likeness (QED) is 0.858. The standard InChI is InChI=1S/C19H20FN3O2/c20-15-6-4-14(5-7-15)19(8-9-19)17(24)23-12-1-3-16(13-23)25-18-21-10-2-11-22-18/h2,4-7,10-11,16H,1,3,8-9,12-13H2. The lowest BCUT2D eigenvalue weighted by Crippen LogP contribution is -2.48. The first-order valence-electron chi connectivity index (χ1n) is 8.66. The molecule has 0 radical (unpaired) electrons. The van der Waals surface area contributed by atoms with E-state index in [1.165, 1.54) is 12.1 Å². The van der Waals surface area contributed by atoms with Gasteiger partial charge in [-0.1, -0.05) is 12.1 Å². The molecule has 2 aliphatic rings. The van der Waals surface area contributed by atoms with Gasteiger partial charge in [0.2, 0.25) is 5.91 Å². The molecule has 1 aromatic heterocycles. The maximum Gasteiger partial charge on any atom is 0.316 e. The van der Waals surface area contributed by atoms with E-state index in [1.807, 2.05) is 4.90 Å². The van der Waals surface area contributed by atoms with Gasteiger partial charge < -0.3 is 9.64 Å². The SMILES string of the molecule is O=C(N1CCCC(Oc2ncccn2)C1)C1(c2ccc(F)cc2)CC1. The Morgan fingerprint density at radius 2 is 1.92 bits per heavy atom. The summed E-state index contributed by atoms with van der Waals surface area (Å²) in [6.45, 7) is 1.28. The fraction of sp³-hybridized carbons (Fsp3) is 0.421. The molecule has 6 heteroatoms. The van der Waals surface area contributed by atoms with Crippen molar-refractivity contribution in [3.05, 3.63) is 54.1 Å². The number of halogens is 1. The molecule has 1 saturated heterocycles. The highest BCUT2D eigenvalue weighted by Crippen LogP contribution is 2.49. The Kier molecular flexibility index (Phi) is 4.11. The largest absolute Gasteiger partial charge is 0.458 e. The monoisotopic (exact) mass is 341 g/mol. The number of ether oxygens (including phenoxy) is 1. The van der Waals surface area contributed by atoms with Gasteiger partial charge >= 0.3 is 6.01 Å². The third-order valence-corrected chi connectivity index (χ3v) is 5.04. The molecule has 1 aromatic carbocycles. The zero-order valence-corrected chi connectivity index (χ0v) is 13.9. The summed E-state index contributed by atoms with van der Waals surface area (Å²) in [5.74, 6) is -0.150. The number of amides is 1. The molecule has 2 aromatic rings. The Hall–Kier alpha value is -2.50. The van der Waals surface area contributed by atoms with Crippen LogP contribution in [0.3, 0.4) is 0 Å². The summed E-state index contributed by atoms with van der Waals surface area (Å²) >= 11 is 0. The Bertz CT molecular complexity index is 747. The molecule has 2 heterocycles. The second kappa shape index (κ2) is 6.43. The van der Waals surface area contributed by atoms with Gasteiger partial charge in [0, 0.05) is 18.9 Å². The fourth-order valence-electron chi connectivity index (χ4n) is 3.54. The lowest BCUT2D eigenvalue weighted by atomic mass is 9.93. The van der Waals surface area contributed by atoms with E-state index in [0.29, 0.717) is 12.6 Å². The van der Waals surface area contributed by atoms with Crippen LogP contribution < -0.4 is 4.74 Å². The highest BCUT2D eigenvalue weighted by molar-refractivity contribution is 5.91. The van der Waals surface area contributed by atoms with E-state index in [4.69, 9.17) is 4.74 Å². The van der Waals surface area contributed by atoms with Crippen LogP contribution in [0.4, 0.5) is 4.39 Å². The van der Waals surface area contributed by atoms with Gasteiger partial charge in [0.15, 0.2) is 0 Å². The van der Waals surface area contributed by atoms with Crippen LogP contribution >= 0.6 is 0 Å². The Morgan fingerprint density at radius 1 is 1.20 bits per heavy atom. The minimum atomic E-state index is -0.473. The molecule has 2 fully saturated rings. The zero-order chi connectivity index (χ0) is 17.3. The van der Waals surface area contributed by atoms with E-state index in [9.17, 15) is 9.18 Å². The third kappa shape index (κ3) is 3.21. The average molecular weight is 341 g/mol. The van der Waals surface area contributed by atoms with E-state index in [2.05, 4.69) is 9.97 Å². The number of aromatic nitrogens is 2. The molecule has 1 aliphatic heterocycles. The van der Waals surface area contributed by atoms with E-state index in [0.717, 1.165) is 37.8 Å². The lowest BCUT2D eigenvalue weighted by molar-refractivity contribution is -0.136. The normalized spacial score (nSPS) is 21.6. The summed E-state index contributed by atoms with van der Waals surface area (Å²) in [4.78, 5) is 23.2. The van der Waals surface area contributed by atoms with Crippen molar-refractivity contribution in [1.82, 2.24) is 14.9 Å². The van der Waals surface area contributed by atoms with E-state index in [-0.39, 0.29) is 17.8 Å². The Labute approximate surface area is 145 Å². The number of likely N-dealkylation sites (tertiary alicyclic amines) is 1. The number of benzene rings is 1. The van der Waals surface area contributed by atoms with Crippen LogP contribution in [0.1, 0.15) is 31.2 Å². The summed E-state index contributed by atoms with van der Waals surface area (Å²) in [5, 5.41) is 0. The van der Waals surface area contributed by atoms with Crippen LogP contribution in [-0.2, 0) is 10.2 Å². The molecule has 130 valence electrons. The van der Waals surface area contributed by atoms with Gasteiger partial charge in [-0.3, -0.25) is 4.79 Å². The maximum atomic E-state index is 13.2. The molecule has 1 amide bonds. The second-order valence-corrected chi connectivity index (χ2v) is 6.75. The summed E-state index contributed by atoms with van der Waals surface area (Å²) in [5.41, 5.74) is 0.437. The van der Waals surface area contributed by atoms with Crippen molar-refractivity contribution in [3.63, 3.8) is 0 Å². The van der Waals surface area contributed by atoms with Crippen LogP contribution in [-0.4, -0.2) is 40.0 Å². The van der Waals surface area contributed by atoms with Crippen molar-refractivity contribution >= 4 is 5.91 Å². The number of carbonyl (C=O) groups is 1. The van der Waals surface area contributed by atoms with Crippen molar-refractivity contribution in [2.24, 2.45) is 0 Å². The first kappa shape index (κ1) is 16.0. The number of hydrogen-bond donors (Lipinski definition) is 0. The highest BCUT2D eigenvalue weighted by Gasteiger charge is 2.53. The molecule has 5 nitrogen and oxygen atoms in total. The number of carbonyl (C=O) groups excluding carboxylic acids is 1. The maximum absolute atomic E-state index is 13.2. The van der Waals surface area contributed by atoms with Crippen molar-refractivity contribution in [2.75, 3.05) is 13.1 Å². The number of hydrogen-bond acceptors (Lipinski definition) is 4. The second-order valence-electron chi connectivity index (χ2n) is 6.75. The number of nitrogens with zero attached hydrogens (tertiary/aromatic N) is 3. The van der Waals surface area contributed by atoms with Crippen LogP contribution in [0.2, 0.25) is 0 Å². The fourth-order valence-corrected chi connectivity index (χ4v) is 3.54. The average Bonchev–Trinajstić information content (AvgIpc) is 3.45. The molecule has 0 bridgehead atoms. The third-order valence-electron chi connectivity index (χ3n) is 5.04. The van der Waals surface area contributed by atoms with Crippen molar-refractivity contribution in [1.29, 1.82) is 0 Å². The summed E-state index contributed by atoms with van der Waals surface area (Å²) in [7, 11) is 0. The minimum absolute atomic E-state index is 0.0934. The highest BCUT2D eigenvalue weighted by atomic mass is 19.1. The predicted octanol–water partition coefficient (Wildman–Crippen LogP) is 2.72. The number of piperidine rings is 1. The van der Waals surface area contributed by atoms with E-state index in [1.54, 1.807) is 30.6 Å². The predicted molar refractivity (Wildman–Crippen MR) is 89.6 cm³/mol. The van der Waals surface area contributed by atoms with Crippen LogP contribution in [0.5, 0.6) is 6.01 Å². The smallest absolute Gasteiger partial charge is 0.316 e. The summed E-state index contributed by atoms with van der Waals surface area (Å²) in [6, 6.07) is 8.41. The molecule has 1 aliphatic carbocycles. The van der Waals surface area contributed by atoms with Gasteiger partial charge in [0.05, 0.1) is 12.0 Å². The molecule has 0 N–H and O–H groups in total. The lowest BCUT2D eigenvalue weighted by Gasteiger charge is -2.34. The van der Waals surface area contributed by atoms with Gasteiger partial charge in [0.1, 0.15) is 11.9 Å². The first-order valence-corrected chi connectivity index (χ1v) is 8.66. The van der Waals surface area contributed by atoms with Crippen molar-refractivity contribution < 1.29 is 13.9 Å². The van der Waals surface area contributed by atoms with Crippen molar-refractivity contribution in [3.8, 4) is 6.01 Å². The Balaban J connectivity index is 1.46. The Morgan fingerprint density at radius 3 is 2.60 bits per heavy atom. The molecular weight excluding hydrogens is 321 g/mol. The molecule has 0 spiro atoms. The van der Waals surface area contributed by atoms with Gasteiger partial charge in [0.25, 0.3) is 0 Å². The van der Waals surface area contributed by atoms with Gasteiger partial charge in [-0.25, -0.2) is 14.4 Å². The van der Waals surface area contributed by atoms with Gasteiger partial charge in [-0.05, 0) is 49.4 Å².